The second kappa shape index (κ2) is 9.54. The van der Waals surface area contributed by atoms with Crippen LogP contribution < -0.4 is 9.47 Å². The molecule has 0 N–H and O–H groups in total. The summed E-state index contributed by atoms with van der Waals surface area (Å²) < 4.78 is 39.1. The molecule has 1 heterocycles. The summed E-state index contributed by atoms with van der Waals surface area (Å²) in [6, 6.07) is 4.10. The Kier molecular flexibility index (Phi) is 7.38. The van der Waals surface area contributed by atoms with Gasteiger partial charge in [-0.15, -0.1) is 0 Å². The maximum Gasteiger partial charge on any atom is 0.387 e. The topological polar surface area (TPSA) is 82.1 Å². The standard InChI is InChI=1S/C18H19F2NO6S/c1-10(2)9-26-15(22)8-21-16(23)14(28-18(21)24)7-11-4-5-12(27-17(19)20)13(6-11)25-3/h4-7,10,17H,8-9H2,1-3H3/b14-7-. The maximum atomic E-state index is 12.4. The number of carbonyl (C=O) groups is 3. The molecule has 0 atom stereocenters. The molecule has 10 heteroatoms. The number of alkyl halides is 2. The summed E-state index contributed by atoms with van der Waals surface area (Å²) in [5.74, 6) is -1.29. The minimum atomic E-state index is -3.01. The summed E-state index contributed by atoms with van der Waals surface area (Å²) in [5, 5.41) is -0.595. The van der Waals surface area contributed by atoms with Crippen LogP contribution in [0.2, 0.25) is 0 Å². The van der Waals surface area contributed by atoms with Gasteiger partial charge in [-0.05, 0) is 41.5 Å². The van der Waals surface area contributed by atoms with Crippen molar-refractivity contribution in [3.8, 4) is 11.5 Å². The van der Waals surface area contributed by atoms with Crippen LogP contribution in [0.15, 0.2) is 23.1 Å². The number of carbonyl (C=O) groups excluding carboxylic acids is 3. The van der Waals surface area contributed by atoms with Crippen LogP contribution in [0.3, 0.4) is 0 Å². The molecule has 0 bridgehead atoms. The van der Waals surface area contributed by atoms with Gasteiger partial charge in [-0.1, -0.05) is 19.9 Å². The first kappa shape index (κ1) is 21.7. The largest absolute Gasteiger partial charge is 0.493 e. The smallest absolute Gasteiger partial charge is 0.387 e. The molecule has 1 aliphatic heterocycles. The van der Waals surface area contributed by atoms with E-state index in [1.54, 1.807) is 0 Å². The number of methoxy groups -OCH3 is 1. The molecular formula is C18H19F2NO6S. The van der Waals surface area contributed by atoms with Crippen LogP contribution in [0.25, 0.3) is 6.08 Å². The van der Waals surface area contributed by atoms with Crippen molar-refractivity contribution in [3.05, 3.63) is 28.7 Å². The summed E-state index contributed by atoms with van der Waals surface area (Å²) in [7, 11) is 1.29. The Hall–Kier alpha value is -2.62. The number of imide groups is 1. The van der Waals surface area contributed by atoms with Crippen LogP contribution in [-0.2, 0) is 14.3 Å². The lowest BCUT2D eigenvalue weighted by atomic mass is 10.2. The van der Waals surface area contributed by atoms with Crippen molar-refractivity contribution in [3.63, 3.8) is 0 Å². The molecule has 1 aromatic rings. The number of nitrogens with zero attached hydrogens (tertiary/aromatic N) is 1. The number of esters is 1. The maximum absolute atomic E-state index is 12.4. The van der Waals surface area contributed by atoms with Gasteiger partial charge < -0.3 is 14.2 Å². The van der Waals surface area contributed by atoms with Gasteiger partial charge in [-0.25, -0.2) is 0 Å². The highest BCUT2D eigenvalue weighted by Gasteiger charge is 2.36. The van der Waals surface area contributed by atoms with E-state index in [4.69, 9.17) is 9.47 Å². The van der Waals surface area contributed by atoms with Crippen LogP contribution in [-0.4, -0.2) is 48.9 Å². The van der Waals surface area contributed by atoms with Crippen LogP contribution >= 0.6 is 11.8 Å². The Balaban J connectivity index is 2.13. The van der Waals surface area contributed by atoms with Crippen LogP contribution in [0.5, 0.6) is 11.5 Å². The predicted molar refractivity (Wildman–Crippen MR) is 98.1 cm³/mol. The van der Waals surface area contributed by atoms with Gasteiger partial charge in [0.15, 0.2) is 11.5 Å². The van der Waals surface area contributed by atoms with Crippen LogP contribution in [0.1, 0.15) is 19.4 Å². The number of benzene rings is 1. The molecule has 1 aromatic carbocycles. The van der Waals surface area contributed by atoms with Crippen LogP contribution in [0, 0.1) is 5.92 Å². The number of rotatable bonds is 8. The van der Waals surface area contributed by atoms with E-state index in [1.165, 1.54) is 31.4 Å². The Morgan fingerprint density at radius 2 is 1.96 bits per heavy atom. The molecular weight excluding hydrogens is 396 g/mol. The first-order valence-corrected chi connectivity index (χ1v) is 9.06. The zero-order chi connectivity index (χ0) is 20.8. The summed E-state index contributed by atoms with van der Waals surface area (Å²) >= 11 is 0.670. The molecule has 28 heavy (non-hydrogen) atoms. The quantitative estimate of drug-likeness (QED) is 0.474. The number of hydrogen-bond donors (Lipinski definition) is 0. The van der Waals surface area contributed by atoms with E-state index in [1.807, 2.05) is 13.8 Å². The highest BCUT2D eigenvalue weighted by atomic mass is 32.2. The summed E-state index contributed by atoms with van der Waals surface area (Å²) in [6.45, 7) is 0.438. The fourth-order valence-corrected chi connectivity index (χ4v) is 3.03. The highest BCUT2D eigenvalue weighted by molar-refractivity contribution is 8.18. The van der Waals surface area contributed by atoms with Gasteiger partial charge in [0.1, 0.15) is 6.54 Å². The minimum Gasteiger partial charge on any atom is -0.493 e. The van der Waals surface area contributed by atoms with Crippen molar-refractivity contribution in [2.75, 3.05) is 20.3 Å². The van der Waals surface area contributed by atoms with Crippen molar-refractivity contribution in [1.82, 2.24) is 4.90 Å². The average molecular weight is 415 g/mol. The first-order chi connectivity index (χ1) is 13.2. The SMILES string of the molecule is COc1cc(/C=C2\SC(=O)N(CC(=O)OCC(C)C)C2=O)ccc1OC(F)F. The number of hydrogen-bond acceptors (Lipinski definition) is 7. The van der Waals surface area contributed by atoms with Gasteiger partial charge in [0.2, 0.25) is 0 Å². The normalized spacial score (nSPS) is 15.7. The van der Waals surface area contributed by atoms with Crippen molar-refractivity contribution in [2.24, 2.45) is 5.92 Å². The third kappa shape index (κ3) is 5.69. The monoisotopic (exact) mass is 415 g/mol. The molecule has 0 radical (unpaired) electrons. The van der Waals surface area contributed by atoms with Crippen molar-refractivity contribution < 1.29 is 37.4 Å². The van der Waals surface area contributed by atoms with E-state index >= 15 is 0 Å². The van der Waals surface area contributed by atoms with E-state index in [2.05, 4.69) is 4.74 Å². The fourth-order valence-electron chi connectivity index (χ4n) is 2.19. The molecule has 1 aliphatic rings. The molecule has 1 saturated heterocycles. The lowest BCUT2D eigenvalue weighted by Crippen LogP contribution is -2.34. The second-order valence-corrected chi connectivity index (χ2v) is 7.13. The number of ether oxygens (including phenoxy) is 3. The molecule has 0 spiro atoms. The molecule has 0 aliphatic carbocycles. The number of thioether (sulfide) groups is 1. The Bertz CT molecular complexity index is 796. The molecule has 1 fully saturated rings. The molecule has 0 saturated carbocycles. The van der Waals surface area contributed by atoms with Gasteiger partial charge in [-0.3, -0.25) is 19.3 Å². The lowest BCUT2D eigenvalue weighted by molar-refractivity contribution is -0.147. The van der Waals surface area contributed by atoms with Crippen LogP contribution in [0.4, 0.5) is 13.6 Å². The third-order valence-electron chi connectivity index (χ3n) is 3.44. The Morgan fingerprint density at radius 3 is 2.57 bits per heavy atom. The fraction of sp³-hybridized carbons (Fsp3) is 0.389. The summed E-state index contributed by atoms with van der Waals surface area (Å²) in [4.78, 5) is 37.1. The zero-order valence-corrected chi connectivity index (χ0v) is 16.3. The van der Waals surface area contributed by atoms with Crippen molar-refractivity contribution in [2.45, 2.75) is 20.5 Å². The van der Waals surface area contributed by atoms with Gasteiger partial charge >= 0.3 is 12.6 Å². The van der Waals surface area contributed by atoms with Gasteiger partial charge in [-0.2, -0.15) is 8.78 Å². The van der Waals surface area contributed by atoms with Crippen molar-refractivity contribution in [1.29, 1.82) is 0 Å². The van der Waals surface area contributed by atoms with E-state index in [-0.39, 0.29) is 28.9 Å². The molecule has 2 amide bonds. The van der Waals surface area contributed by atoms with Gasteiger partial charge in [0.05, 0.1) is 18.6 Å². The summed E-state index contributed by atoms with van der Waals surface area (Å²) in [5.41, 5.74) is 0.436. The average Bonchev–Trinajstić information content (AvgIpc) is 2.88. The molecule has 152 valence electrons. The molecule has 2 rings (SSSR count). The predicted octanol–water partition coefficient (Wildman–Crippen LogP) is 3.53. The summed E-state index contributed by atoms with van der Waals surface area (Å²) in [6.07, 6.45) is 1.40. The van der Waals surface area contributed by atoms with E-state index in [9.17, 15) is 23.2 Å². The molecule has 0 unspecified atom stereocenters. The second-order valence-electron chi connectivity index (χ2n) is 6.13. The zero-order valence-electron chi connectivity index (χ0n) is 15.4. The Labute approximate surface area is 164 Å². The van der Waals surface area contributed by atoms with Gasteiger partial charge in [0.25, 0.3) is 11.1 Å². The minimum absolute atomic E-state index is 0.0468. The Morgan fingerprint density at radius 1 is 1.25 bits per heavy atom. The molecule has 7 nitrogen and oxygen atoms in total. The molecule has 0 aromatic heterocycles. The van der Waals surface area contributed by atoms with Gasteiger partial charge in [0, 0.05) is 0 Å². The third-order valence-corrected chi connectivity index (χ3v) is 4.35. The number of halogens is 2. The lowest BCUT2D eigenvalue weighted by Gasteiger charge is -2.12. The van der Waals surface area contributed by atoms with E-state index < -0.39 is 30.3 Å². The number of amides is 2. The van der Waals surface area contributed by atoms with E-state index in [0.29, 0.717) is 17.3 Å². The highest BCUT2D eigenvalue weighted by Crippen LogP contribution is 2.34. The van der Waals surface area contributed by atoms with E-state index in [0.717, 1.165) is 4.90 Å². The van der Waals surface area contributed by atoms with Crippen molar-refractivity contribution >= 4 is 35.0 Å². The first-order valence-electron chi connectivity index (χ1n) is 8.25.